The van der Waals surface area contributed by atoms with Gasteiger partial charge in [-0.3, -0.25) is 9.48 Å². The summed E-state index contributed by atoms with van der Waals surface area (Å²) < 4.78 is 7.30. The summed E-state index contributed by atoms with van der Waals surface area (Å²) in [4.78, 5) is 12.1. The van der Waals surface area contributed by atoms with Crippen LogP contribution in [0.1, 0.15) is 49.4 Å². The number of carbonyl (C=O) groups is 1. The molecule has 0 aromatic carbocycles. The highest BCUT2D eigenvalue weighted by Crippen LogP contribution is 2.38. The second-order valence-corrected chi connectivity index (χ2v) is 4.83. The maximum atomic E-state index is 12.1. The molecule has 1 aromatic heterocycles. The van der Waals surface area contributed by atoms with Crippen LogP contribution in [0.15, 0.2) is 12.4 Å². The number of ketones is 1. The summed E-state index contributed by atoms with van der Waals surface area (Å²) in [7, 11) is 1.70. The van der Waals surface area contributed by atoms with Gasteiger partial charge < -0.3 is 4.74 Å². The topological polar surface area (TPSA) is 44.1 Å². The molecule has 1 aromatic rings. The Kier molecular flexibility index (Phi) is 3.62. The SMILES string of the molecule is CCCn1cc(C(=O)CC2(OC)CCC2)cn1. The number of methoxy groups -OCH3 is 1. The summed E-state index contributed by atoms with van der Waals surface area (Å²) in [6.45, 7) is 2.96. The lowest BCUT2D eigenvalue weighted by atomic mass is 9.76. The molecule has 0 amide bonds. The molecule has 17 heavy (non-hydrogen) atoms. The van der Waals surface area contributed by atoms with Crippen molar-refractivity contribution in [3.05, 3.63) is 18.0 Å². The number of hydrogen-bond donors (Lipinski definition) is 0. The molecular formula is C13H20N2O2. The fourth-order valence-electron chi connectivity index (χ4n) is 2.28. The minimum atomic E-state index is -0.191. The van der Waals surface area contributed by atoms with E-state index in [1.807, 2.05) is 10.9 Å². The molecule has 94 valence electrons. The van der Waals surface area contributed by atoms with Crippen LogP contribution in [0.3, 0.4) is 0 Å². The van der Waals surface area contributed by atoms with E-state index < -0.39 is 0 Å². The van der Waals surface area contributed by atoms with Crippen molar-refractivity contribution in [2.45, 2.75) is 51.2 Å². The number of ether oxygens (including phenoxy) is 1. The van der Waals surface area contributed by atoms with Crippen molar-refractivity contribution in [3.63, 3.8) is 0 Å². The zero-order valence-electron chi connectivity index (χ0n) is 10.6. The third-order valence-corrected chi connectivity index (χ3v) is 3.59. The molecule has 0 atom stereocenters. The molecule has 0 bridgehead atoms. The van der Waals surface area contributed by atoms with Gasteiger partial charge in [0.2, 0.25) is 0 Å². The highest BCUT2D eigenvalue weighted by atomic mass is 16.5. The third kappa shape index (κ3) is 2.57. The van der Waals surface area contributed by atoms with E-state index in [2.05, 4.69) is 12.0 Å². The van der Waals surface area contributed by atoms with Gasteiger partial charge in [-0.25, -0.2) is 0 Å². The first kappa shape index (κ1) is 12.3. The van der Waals surface area contributed by atoms with Crippen molar-refractivity contribution >= 4 is 5.78 Å². The first-order chi connectivity index (χ1) is 8.19. The predicted molar refractivity (Wildman–Crippen MR) is 65.1 cm³/mol. The molecule has 1 heterocycles. The predicted octanol–water partition coefficient (Wildman–Crippen LogP) is 2.44. The lowest BCUT2D eigenvalue weighted by Gasteiger charge is -2.39. The maximum absolute atomic E-state index is 12.1. The number of aromatic nitrogens is 2. The summed E-state index contributed by atoms with van der Waals surface area (Å²) in [5.41, 5.74) is 0.519. The Morgan fingerprint density at radius 2 is 2.35 bits per heavy atom. The normalized spacial score (nSPS) is 17.8. The molecule has 0 unspecified atom stereocenters. The van der Waals surface area contributed by atoms with Crippen molar-refractivity contribution in [3.8, 4) is 0 Å². The lowest BCUT2D eigenvalue weighted by Crippen LogP contribution is -2.41. The summed E-state index contributed by atoms with van der Waals surface area (Å²) in [5.74, 6) is 0.147. The average Bonchev–Trinajstić information content (AvgIpc) is 2.72. The van der Waals surface area contributed by atoms with Crippen LogP contribution in [-0.2, 0) is 11.3 Å². The molecule has 1 saturated carbocycles. The Morgan fingerprint density at radius 3 is 2.88 bits per heavy atom. The molecule has 4 nitrogen and oxygen atoms in total. The molecule has 0 spiro atoms. The van der Waals surface area contributed by atoms with Crippen LogP contribution in [0.2, 0.25) is 0 Å². The standard InChI is InChI=1S/C13H20N2O2/c1-3-7-15-10-11(9-14-15)12(16)8-13(17-2)5-4-6-13/h9-10H,3-8H2,1-2H3. The van der Waals surface area contributed by atoms with Crippen molar-refractivity contribution in [1.82, 2.24) is 9.78 Å². The minimum Gasteiger partial charge on any atom is -0.378 e. The fourth-order valence-corrected chi connectivity index (χ4v) is 2.28. The van der Waals surface area contributed by atoms with Crippen molar-refractivity contribution in [2.24, 2.45) is 0 Å². The number of carbonyl (C=O) groups excluding carboxylic acids is 1. The number of rotatable bonds is 6. The third-order valence-electron chi connectivity index (χ3n) is 3.59. The average molecular weight is 236 g/mol. The maximum Gasteiger partial charge on any atom is 0.168 e. The van der Waals surface area contributed by atoms with Crippen LogP contribution in [0.4, 0.5) is 0 Å². The van der Waals surface area contributed by atoms with Gasteiger partial charge in [0, 0.05) is 26.3 Å². The van der Waals surface area contributed by atoms with Crippen LogP contribution >= 0.6 is 0 Å². The summed E-state index contributed by atoms with van der Waals surface area (Å²) in [6.07, 6.45) is 8.18. The smallest absolute Gasteiger partial charge is 0.168 e. The number of hydrogen-bond acceptors (Lipinski definition) is 3. The lowest BCUT2D eigenvalue weighted by molar-refractivity contribution is -0.0704. The highest BCUT2D eigenvalue weighted by molar-refractivity contribution is 5.96. The zero-order chi connectivity index (χ0) is 12.3. The second kappa shape index (κ2) is 5.00. The molecule has 0 aliphatic heterocycles. The zero-order valence-corrected chi connectivity index (χ0v) is 10.6. The Bertz CT molecular complexity index is 388. The quantitative estimate of drug-likeness (QED) is 0.712. The number of aryl methyl sites for hydroxylation is 1. The molecule has 0 saturated heterocycles. The van der Waals surface area contributed by atoms with Crippen molar-refractivity contribution in [1.29, 1.82) is 0 Å². The van der Waals surface area contributed by atoms with E-state index in [1.165, 1.54) is 0 Å². The molecule has 4 heteroatoms. The minimum absolute atomic E-state index is 0.147. The van der Waals surface area contributed by atoms with Crippen LogP contribution in [0, 0.1) is 0 Å². The molecule has 1 aliphatic carbocycles. The van der Waals surface area contributed by atoms with Crippen LogP contribution < -0.4 is 0 Å². The van der Waals surface area contributed by atoms with E-state index in [1.54, 1.807) is 13.3 Å². The Labute approximate surface area is 102 Å². The Balaban J connectivity index is 1.99. The fraction of sp³-hybridized carbons (Fsp3) is 0.692. The van der Waals surface area contributed by atoms with Gasteiger partial charge in [0.25, 0.3) is 0 Å². The molecular weight excluding hydrogens is 216 g/mol. The first-order valence-corrected chi connectivity index (χ1v) is 6.30. The molecule has 1 aliphatic rings. The largest absolute Gasteiger partial charge is 0.378 e. The summed E-state index contributed by atoms with van der Waals surface area (Å²) >= 11 is 0. The number of nitrogens with zero attached hydrogens (tertiary/aromatic N) is 2. The highest BCUT2D eigenvalue weighted by Gasteiger charge is 2.39. The van der Waals surface area contributed by atoms with Gasteiger partial charge in [-0.2, -0.15) is 5.10 Å². The van der Waals surface area contributed by atoms with Crippen LogP contribution in [0.25, 0.3) is 0 Å². The molecule has 0 radical (unpaired) electrons. The van der Waals surface area contributed by atoms with Crippen molar-refractivity contribution < 1.29 is 9.53 Å². The summed E-state index contributed by atoms with van der Waals surface area (Å²) in [5, 5.41) is 4.18. The Morgan fingerprint density at radius 1 is 1.59 bits per heavy atom. The molecule has 0 N–H and O–H groups in total. The van der Waals surface area contributed by atoms with E-state index >= 15 is 0 Å². The van der Waals surface area contributed by atoms with Gasteiger partial charge in [0.05, 0.1) is 17.4 Å². The Hall–Kier alpha value is -1.16. The van der Waals surface area contributed by atoms with Gasteiger partial charge in [-0.15, -0.1) is 0 Å². The van der Waals surface area contributed by atoms with Gasteiger partial charge in [-0.05, 0) is 25.7 Å². The van der Waals surface area contributed by atoms with Gasteiger partial charge in [0.15, 0.2) is 5.78 Å². The van der Waals surface area contributed by atoms with Gasteiger partial charge >= 0.3 is 0 Å². The van der Waals surface area contributed by atoms with Crippen molar-refractivity contribution in [2.75, 3.05) is 7.11 Å². The van der Waals surface area contributed by atoms with E-state index in [-0.39, 0.29) is 11.4 Å². The van der Waals surface area contributed by atoms with E-state index in [0.29, 0.717) is 12.0 Å². The first-order valence-electron chi connectivity index (χ1n) is 6.30. The summed E-state index contributed by atoms with van der Waals surface area (Å²) in [6, 6.07) is 0. The second-order valence-electron chi connectivity index (χ2n) is 4.83. The molecule has 1 fully saturated rings. The van der Waals surface area contributed by atoms with Crippen LogP contribution in [0.5, 0.6) is 0 Å². The van der Waals surface area contributed by atoms with E-state index in [0.717, 1.165) is 32.2 Å². The van der Waals surface area contributed by atoms with E-state index in [4.69, 9.17) is 4.74 Å². The van der Waals surface area contributed by atoms with Crippen LogP contribution in [-0.4, -0.2) is 28.3 Å². The van der Waals surface area contributed by atoms with E-state index in [9.17, 15) is 4.79 Å². The molecule has 2 rings (SSSR count). The number of Topliss-reactive ketones (excluding diaryl/α,β-unsaturated/α-hetero) is 1. The van der Waals surface area contributed by atoms with Gasteiger partial charge in [-0.1, -0.05) is 6.92 Å². The monoisotopic (exact) mass is 236 g/mol. The van der Waals surface area contributed by atoms with Gasteiger partial charge in [0.1, 0.15) is 0 Å².